The first-order valence-electron chi connectivity index (χ1n) is 7.09. The Morgan fingerprint density at radius 3 is 2.73 bits per heavy atom. The predicted molar refractivity (Wildman–Crippen MR) is 83.3 cm³/mol. The summed E-state index contributed by atoms with van der Waals surface area (Å²) in [6.45, 7) is 1.03. The highest BCUT2D eigenvalue weighted by atomic mass is 32.1. The van der Waals surface area contributed by atoms with E-state index in [0.29, 0.717) is 24.4 Å². The number of hydrazine groups is 1. The molecule has 0 bridgehead atoms. The minimum Gasteiger partial charge on any atom is -0.331 e. The summed E-state index contributed by atoms with van der Waals surface area (Å²) in [5.41, 5.74) is 4.85. The van der Waals surface area contributed by atoms with Crippen LogP contribution < -0.4 is 10.9 Å². The number of carbonyl (C=O) groups excluding carboxylic acids is 3. The minimum absolute atomic E-state index is 0.0971. The van der Waals surface area contributed by atoms with Gasteiger partial charge in [0.15, 0.2) is 0 Å². The number of amides is 4. The van der Waals surface area contributed by atoms with Crippen LogP contribution in [0.3, 0.4) is 0 Å². The standard InChI is InChI=1S/C14H20N4O3S/c1-17(2)14(21)18-7-3-5-10(9-18)12(19)15-16-13(20)11-6-4-8-22-11/h4,6,8,10H,3,5,7,9H2,1-2H3,(H,15,19)(H,16,20)/t10-/m1/s1. The lowest BCUT2D eigenvalue weighted by Gasteiger charge is -2.33. The van der Waals surface area contributed by atoms with Gasteiger partial charge in [-0.05, 0) is 24.3 Å². The zero-order chi connectivity index (χ0) is 16.1. The number of nitrogens with one attached hydrogen (secondary N) is 2. The molecule has 1 fully saturated rings. The van der Waals surface area contributed by atoms with Crippen molar-refractivity contribution >= 4 is 29.2 Å². The van der Waals surface area contributed by atoms with E-state index in [4.69, 9.17) is 0 Å². The SMILES string of the molecule is CN(C)C(=O)N1CCC[C@@H](C(=O)NNC(=O)c2cccs2)C1. The molecular formula is C14H20N4O3S. The first-order chi connectivity index (χ1) is 10.5. The van der Waals surface area contributed by atoms with Gasteiger partial charge in [0.05, 0.1) is 10.8 Å². The van der Waals surface area contributed by atoms with Crippen LogP contribution >= 0.6 is 11.3 Å². The Bertz CT molecular complexity index is 544. The summed E-state index contributed by atoms with van der Waals surface area (Å²) in [6, 6.07) is 3.36. The van der Waals surface area contributed by atoms with Crippen LogP contribution in [0, 0.1) is 5.92 Å². The molecule has 1 aliphatic rings. The molecule has 7 nitrogen and oxygen atoms in total. The topological polar surface area (TPSA) is 81.8 Å². The molecule has 1 atom stereocenters. The fourth-order valence-electron chi connectivity index (χ4n) is 2.34. The van der Waals surface area contributed by atoms with E-state index in [0.717, 1.165) is 6.42 Å². The number of hydrogen-bond acceptors (Lipinski definition) is 4. The number of rotatable bonds is 2. The van der Waals surface area contributed by atoms with Crippen molar-refractivity contribution in [2.24, 2.45) is 5.92 Å². The molecule has 2 N–H and O–H groups in total. The molecule has 1 aromatic heterocycles. The Balaban J connectivity index is 1.84. The van der Waals surface area contributed by atoms with Gasteiger partial charge in [0, 0.05) is 27.2 Å². The molecule has 0 saturated carbocycles. The number of nitrogens with zero attached hydrogens (tertiary/aromatic N) is 2. The molecule has 4 amide bonds. The Labute approximate surface area is 133 Å². The van der Waals surface area contributed by atoms with E-state index in [1.54, 1.807) is 36.5 Å². The third kappa shape index (κ3) is 3.97. The van der Waals surface area contributed by atoms with Gasteiger partial charge in [0.2, 0.25) is 5.91 Å². The molecular weight excluding hydrogens is 304 g/mol. The third-order valence-electron chi connectivity index (χ3n) is 3.49. The Kier molecular flexibility index (Phi) is 5.37. The zero-order valence-corrected chi connectivity index (χ0v) is 13.5. The Hall–Kier alpha value is -2.09. The highest BCUT2D eigenvalue weighted by Crippen LogP contribution is 2.17. The van der Waals surface area contributed by atoms with Gasteiger partial charge in [-0.25, -0.2) is 4.79 Å². The van der Waals surface area contributed by atoms with Crippen LogP contribution in [0.15, 0.2) is 17.5 Å². The van der Waals surface area contributed by atoms with Crippen LogP contribution in [0.5, 0.6) is 0 Å². The van der Waals surface area contributed by atoms with Crippen LogP contribution in [0.1, 0.15) is 22.5 Å². The van der Waals surface area contributed by atoms with Crippen molar-refractivity contribution in [2.75, 3.05) is 27.2 Å². The molecule has 1 aliphatic heterocycles. The summed E-state index contributed by atoms with van der Waals surface area (Å²) >= 11 is 1.30. The summed E-state index contributed by atoms with van der Waals surface area (Å²) in [7, 11) is 3.38. The second-order valence-electron chi connectivity index (χ2n) is 5.38. The molecule has 8 heteroatoms. The first-order valence-corrected chi connectivity index (χ1v) is 7.97. The molecule has 2 heterocycles. The lowest BCUT2D eigenvalue weighted by Crippen LogP contribution is -2.51. The van der Waals surface area contributed by atoms with Gasteiger partial charge in [0.1, 0.15) is 0 Å². The molecule has 2 rings (SSSR count). The van der Waals surface area contributed by atoms with Crippen LogP contribution in [0.4, 0.5) is 4.79 Å². The molecule has 0 aromatic carbocycles. The number of piperidine rings is 1. The van der Waals surface area contributed by atoms with E-state index < -0.39 is 0 Å². The molecule has 1 saturated heterocycles. The van der Waals surface area contributed by atoms with Crippen molar-refractivity contribution in [3.8, 4) is 0 Å². The Morgan fingerprint density at radius 1 is 1.32 bits per heavy atom. The van der Waals surface area contributed by atoms with E-state index >= 15 is 0 Å². The molecule has 0 radical (unpaired) electrons. The second kappa shape index (κ2) is 7.26. The molecule has 0 spiro atoms. The lowest BCUT2D eigenvalue weighted by molar-refractivity contribution is -0.127. The van der Waals surface area contributed by atoms with Gasteiger partial charge in [-0.15, -0.1) is 11.3 Å². The number of thiophene rings is 1. The molecule has 0 aliphatic carbocycles. The average Bonchev–Trinajstić information content (AvgIpc) is 3.06. The lowest BCUT2D eigenvalue weighted by atomic mass is 9.97. The number of carbonyl (C=O) groups is 3. The van der Waals surface area contributed by atoms with Gasteiger partial charge in [-0.1, -0.05) is 6.07 Å². The van der Waals surface area contributed by atoms with E-state index in [1.807, 2.05) is 0 Å². The van der Waals surface area contributed by atoms with Gasteiger partial charge >= 0.3 is 6.03 Å². The largest absolute Gasteiger partial charge is 0.331 e. The first kappa shape index (κ1) is 16.3. The average molecular weight is 324 g/mol. The molecule has 1 aromatic rings. The van der Waals surface area contributed by atoms with E-state index in [2.05, 4.69) is 10.9 Å². The second-order valence-corrected chi connectivity index (χ2v) is 6.33. The van der Waals surface area contributed by atoms with Gasteiger partial charge in [-0.2, -0.15) is 0 Å². The van der Waals surface area contributed by atoms with E-state index in [9.17, 15) is 14.4 Å². The monoisotopic (exact) mass is 324 g/mol. The van der Waals surface area contributed by atoms with E-state index in [1.165, 1.54) is 16.2 Å². The Morgan fingerprint density at radius 2 is 2.09 bits per heavy atom. The number of urea groups is 1. The summed E-state index contributed by atoms with van der Waals surface area (Å²) in [5.74, 6) is -0.900. The molecule has 22 heavy (non-hydrogen) atoms. The maximum atomic E-state index is 12.1. The van der Waals surface area contributed by atoms with Crippen LogP contribution in [-0.2, 0) is 4.79 Å². The molecule has 0 unspecified atom stereocenters. The van der Waals surface area contributed by atoms with Crippen molar-refractivity contribution in [2.45, 2.75) is 12.8 Å². The smallest absolute Gasteiger partial charge is 0.319 e. The summed E-state index contributed by atoms with van der Waals surface area (Å²) in [4.78, 5) is 39.5. The van der Waals surface area contributed by atoms with E-state index in [-0.39, 0.29) is 23.8 Å². The number of hydrogen-bond donors (Lipinski definition) is 2. The van der Waals surface area contributed by atoms with Crippen molar-refractivity contribution in [1.82, 2.24) is 20.7 Å². The van der Waals surface area contributed by atoms with Crippen molar-refractivity contribution in [3.05, 3.63) is 22.4 Å². The third-order valence-corrected chi connectivity index (χ3v) is 4.36. The summed E-state index contributed by atoms with van der Waals surface area (Å²) in [6.07, 6.45) is 1.48. The van der Waals surface area contributed by atoms with Crippen LogP contribution in [0.2, 0.25) is 0 Å². The normalized spacial score (nSPS) is 17.7. The zero-order valence-electron chi connectivity index (χ0n) is 12.7. The maximum Gasteiger partial charge on any atom is 0.319 e. The van der Waals surface area contributed by atoms with Crippen molar-refractivity contribution in [1.29, 1.82) is 0 Å². The van der Waals surface area contributed by atoms with Gasteiger partial charge in [0.25, 0.3) is 5.91 Å². The predicted octanol–water partition coefficient (Wildman–Crippen LogP) is 0.903. The minimum atomic E-state index is -0.333. The fourth-order valence-corrected chi connectivity index (χ4v) is 2.96. The number of likely N-dealkylation sites (tertiary alicyclic amines) is 1. The van der Waals surface area contributed by atoms with Crippen LogP contribution in [0.25, 0.3) is 0 Å². The van der Waals surface area contributed by atoms with Crippen molar-refractivity contribution in [3.63, 3.8) is 0 Å². The van der Waals surface area contributed by atoms with Crippen LogP contribution in [-0.4, -0.2) is 54.8 Å². The maximum absolute atomic E-state index is 12.1. The highest BCUT2D eigenvalue weighted by molar-refractivity contribution is 7.12. The molecule has 120 valence electrons. The summed E-state index contributed by atoms with van der Waals surface area (Å²) < 4.78 is 0. The van der Waals surface area contributed by atoms with Crippen molar-refractivity contribution < 1.29 is 14.4 Å². The quantitative estimate of drug-likeness (QED) is 0.793. The fraction of sp³-hybridized carbons (Fsp3) is 0.500. The summed E-state index contributed by atoms with van der Waals surface area (Å²) in [5, 5.41) is 1.79. The van der Waals surface area contributed by atoms with Gasteiger partial charge < -0.3 is 9.80 Å². The van der Waals surface area contributed by atoms with Gasteiger partial charge in [-0.3, -0.25) is 20.4 Å². The highest BCUT2D eigenvalue weighted by Gasteiger charge is 2.29.